The molecule has 1 aliphatic rings. The van der Waals surface area contributed by atoms with Crippen LogP contribution in [0.2, 0.25) is 0 Å². The van der Waals surface area contributed by atoms with Gasteiger partial charge in [0.25, 0.3) is 0 Å². The Bertz CT molecular complexity index is 229. The average Bonchev–Trinajstić information content (AvgIpc) is 2.14. The Balaban J connectivity index is 2.60. The van der Waals surface area contributed by atoms with Crippen molar-refractivity contribution in [2.75, 3.05) is 6.61 Å². The van der Waals surface area contributed by atoms with Crippen LogP contribution in [-0.4, -0.2) is 47.2 Å². The number of hydrogen-bond acceptors (Lipinski definition) is 5. The summed E-state index contributed by atoms with van der Waals surface area (Å²) in [7, 11) is 0. The molecule has 0 unspecified atom stereocenters. The van der Waals surface area contributed by atoms with Crippen molar-refractivity contribution in [3.8, 4) is 12.3 Å². The van der Waals surface area contributed by atoms with Crippen LogP contribution in [0.3, 0.4) is 0 Å². The Morgan fingerprint density at radius 3 is 2.50 bits per heavy atom. The molecule has 14 heavy (non-hydrogen) atoms. The normalized spacial score (nSPS) is 43.2. The third-order valence-corrected chi connectivity index (χ3v) is 2.45. The Morgan fingerprint density at radius 2 is 1.93 bits per heavy atom. The highest BCUT2D eigenvalue weighted by atomic mass is 16.5. The van der Waals surface area contributed by atoms with Crippen LogP contribution in [-0.2, 0) is 4.74 Å². The minimum absolute atomic E-state index is 0.0668. The van der Waals surface area contributed by atoms with Gasteiger partial charge in [-0.3, -0.25) is 0 Å². The minimum Gasteiger partial charge on any atom is -0.389 e. The molecule has 5 atom stereocenters. The van der Waals surface area contributed by atoms with Crippen molar-refractivity contribution in [3.63, 3.8) is 0 Å². The first-order valence-electron chi connectivity index (χ1n) is 4.50. The summed E-state index contributed by atoms with van der Waals surface area (Å²) in [5.41, 5.74) is 11.3. The molecule has 1 fully saturated rings. The summed E-state index contributed by atoms with van der Waals surface area (Å²) >= 11 is 0. The van der Waals surface area contributed by atoms with Crippen molar-refractivity contribution in [2.24, 2.45) is 11.5 Å². The van der Waals surface area contributed by atoms with Gasteiger partial charge < -0.3 is 26.4 Å². The highest BCUT2D eigenvalue weighted by Crippen LogP contribution is 2.20. The third kappa shape index (κ3) is 2.23. The van der Waals surface area contributed by atoms with Gasteiger partial charge in [-0.15, -0.1) is 6.42 Å². The van der Waals surface area contributed by atoms with E-state index in [-0.39, 0.29) is 6.61 Å². The van der Waals surface area contributed by atoms with Gasteiger partial charge in [0.05, 0.1) is 6.10 Å². The summed E-state index contributed by atoms with van der Waals surface area (Å²) in [6, 6.07) is -0.901. The van der Waals surface area contributed by atoms with E-state index in [2.05, 4.69) is 5.92 Å². The molecule has 0 amide bonds. The second-order valence-corrected chi connectivity index (χ2v) is 3.52. The summed E-state index contributed by atoms with van der Waals surface area (Å²) in [6.45, 7) is 0.0668. The SMILES string of the molecule is C#CCO[C@H]1[C@H](O)[C@@H](O)[C@H](N)C[C@@H]1N. The van der Waals surface area contributed by atoms with Crippen LogP contribution in [0, 0.1) is 12.3 Å². The van der Waals surface area contributed by atoms with Gasteiger partial charge in [-0.05, 0) is 6.42 Å². The fourth-order valence-electron chi connectivity index (χ4n) is 1.66. The van der Waals surface area contributed by atoms with Crippen LogP contribution in [0.25, 0.3) is 0 Å². The molecule has 0 bridgehead atoms. The monoisotopic (exact) mass is 200 g/mol. The number of rotatable bonds is 2. The largest absolute Gasteiger partial charge is 0.389 e. The first kappa shape index (κ1) is 11.4. The zero-order valence-corrected chi connectivity index (χ0v) is 7.84. The molecule has 0 aromatic rings. The molecule has 0 radical (unpaired) electrons. The quantitative estimate of drug-likeness (QED) is 0.378. The summed E-state index contributed by atoms with van der Waals surface area (Å²) in [5, 5.41) is 19.1. The lowest BCUT2D eigenvalue weighted by Crippen LogP contribution is -2.61. The molecule has 0 aliphatic heterocycles. The van der Waals surface area contributed by atoms with Crippen molar-refractivity contribution in [1.82, 2.24) is 0 Å². The lowest BCUT2D eigenvalue weighted by Gasteiger charge is -2.39. The van der Waals surface area contributed by atoms with Crippen molar-refractivity contribution in [2.45, 2.75) is 36.8 Å². The van der Waals surface area contributed by atoms with E-state index >= 15 is 0 Å². The molecule has 6 N–H and O–H groups in total. The predicted octanol–water partition coefficient (Wildman–Crippen LogP) is -2.22. The van der Waals surface area contributed by atoms with Crippen LogP contribution < -0.4 is 11.5 Å². The molecule has 0 aromatic heterocycles. The van der Waals surface area contributed by atoms with Gasteiger partial charge in [-0.1, -0.05) is 5.92 Å². The first-order chi connectivity index (χ1) is 6.57. The van der Waals surface area contributed by atoms with Crippen LogP contribution in [0.5, 0.6) is 0 Å². The smallest absolute Gasteiger partial charge is 0.109 e. The van der Waals surface area contributed by atoms with Gasteiger partial charge in [0, 0.05) is 12.1 Å². The van der Waals surface area contributed by atoms with Gasteiger partial charge in [0.15, 0.2) is 0 Å². The first-order valence-corrected chi connectivity index (χ1v) is 4.50. The van der Waals surface area contributed by atoms with Gasteiger partial charge in [0.1, 0.15) is 18.8 Å². The summed E-state index contributed by atoms with van der Waals surface area (Å²) in [4.78, 5) is 0. The molecule has 0 heterocycles. The number of aliphatic hydroxyl groups excluding tert-OH is 2. The molecular weight excluding hydrogens is 184 g/mol. The topological polar surface area (TPSA) is 102 Å². The number of terminal acetylenes is 1. The lowest BCUT2D eigenvalue weighted by atomic mass is 9.85. The van der Waals surface area contributed by atoms with Crippen LogP contribution in [0.1, 0.15) is 6.42 Å². The van der Waals surface area contributed by atoms with Crippen LogP contribution in [0.4, 0.5) is 0 Å². The summed E-state index contributed by atoms with van der Waals surface area (Å²) in [6.07, 6.45) is 2.72. The van der Waals surface area contributed by atoms with Gasteiger partial charge >= 0.3 is 0 Å². The van der Waals surface area contributed by atoms with E-state index < -0.39 is 30.4 Å². The summed E-state index contributed by atoms with van der Waals surface area (Å²) in [5.74, 6) is 2.28. The van der Waals surface area contributed by atoms with Gasteiger partial charge in [-0.2, -0.15) is 0 Å². The van der Waals surface area contributed by atoms with Crippen molar-refractivity contribution >= 4 is 0 Å². The van der Waals surface area contributed by atoms with E-state index in [0.717, 1.165) is 0 Å². The number of aliphatic hydroxyl groups is 2. The zero-order chi connectivity index (χ0) is 10.7. The van der Waals surface area contributed by atoms with Crippen molar-refractivity contribution in [1.29, 1.82) is 0 Å². The van der Waals surface area contributed by atoms with E-state index in [1.54, 1.807) is 0 Å². The Hall–Kier alpha value is -0.640. The number of ether oxygens (including phenoxy) is 1. The molecular formula is C9H16N2O3. The number of hydrogen-bond donors (Lipinski definition) is 4. The predicted molar refractivity (Wildman–Crippen MR) is 51.2 cm³/mol. The molecule has 5 heteroatoms. The molecule has 1 aliphatic carbocycles. The molecule has 80 valence electrons. The fraction of sp³-hybridized carbons (Fsp3) is 0.778. The second kappa shape index (κ2) is 4.73. The molecule has 0 saturated heterocycles. The van der Waals surface area contributed by atoms with Crippen LogP contribution >= 0.6 is 0 Å². The fourth-order valence-corrected chi connectivity index (χ4v) is 1.66. The van der Waals surface area contributed by atoms with E-state index in [1.165, 1.54) is 0 Å². The molecule has 1 rings (SSSR count). The van der Waals surface area contributed by atoms with Crippen molar-refractivity contribution in [3.05, 3.63) is 0 Å². The maximum Gasteiger partial charge on any atom is 0.109 e. The lowest BCUT2D eigenvalue weighted by molar-refractivity contribution is -0.121. The molecule has 0 aromatic carbocycles. The van der Waals surface area contributed by atoms with Gasteiger partial charge in [-0.25, -0.2) is 0 Å². The van der Waals surface area contributed by atoms with E-state index in [0.29, 0.717) is 6.42 Å². The van der Waals surface area contributed by atoms with Crippen molar-refractivity contribution < 1.29 is 14.9 Å². The standard InChI is InChI=1S/C9H16N2O3/c1-2-3-14-9-6(11)4-5(10)7(12)8(9)13/h1,5-9,12-13H,3-4,10-11H2/t5-,6+,7+,8-,9-/m1/s1. The Kier molecular flexibility index (Phi) is 3.86. The second-order valence-electron chi connectivity index (χ2n) is 3.52. The maximum absolute atomic E-state index is 9.60. The average molecular weight is 200 g/mol. The van der Waals surface area contributed by atoms with Crippen LogP contribution in [0.15, 0.2) is 0 Å². The Labute approximate surface area is 83.0 Å². The third-order valence-electron chi connectivity index (χ3n) is 2.45. The van der Waals surface area contributed by atoms with E-state index in [1.807, 2.05) is 0 Å². The van der Waals surface area contributed by atoms with E-state index in [9.17, 15) is 10.2 Å². The zero-order valence-electron chi connectivity index (χ0n) is 7.84. The molecule has 5 nitrogen and oxygen atoms in total. The maximum atomic E-state index is 9.60. The molecule has 0 spiro atoms. The van der Waals surface area contributed by atoms with Gasteiger partial charge in [0.2, 0.25) is 0 Å². The summed E-state index contributed by atoms with van der Waals surface area (Å²) < 4.78 is 5.15. The molecule has 1 saturated carbocycles. The highest BCUT2D eigenvalue weighted by molar-refractivity contribution is 4.98. The Morgan fingerprint density at radius 1 is 1.29 bits per heavy atom. The highest BCUT2D eigenvalue weighted by Gasteiger charge is 2.40. The van der Waals surface area contributed by atoms with E-state index in [4.69, 9.17) is 22.6 Å². The number of nitrogens with two attached hydrogens (primary N) is 2. The minimum atomic E-state index is -1.07.